The smallest absolute Gasteiger partial charge is 0.188 e. The third kappa shape index (κ3) is 4.40. The summed E-state index contributed by atoms with van der Waals surface area (Å²) in [6.07, 6.45) is 7.72. The molecule has 3 rings (SSSR count). The summed E-state index contributed by atoms with van der Waals surface area (Å²) in [5, 5.41) is 3.54. The zero-order chi connectivity index (χ0) is 20.1. The van der Waals surface area contributed by atoms with Crippen LogP contribution in [0, 0.1) is 12.7 Å². The lowest BCUT2D eigenvalue weighted by Gasteiger charge is -2.09. The quantitative estimate of drug-likeness (QED) is 0.229. The van der Waals surface area contributed by atoms with Crippen LogP contribution in [-0.4, -0.2) is 29.9 Å². The molecule has 0 N–H and O–H groups in total. The van der Waals surface area contributed by atoms with Crippen molar-refractivity contribution in [2.75, 3.05) is 12.9 Å². The minimum Gasteiger partial charge on any atom is -0.612 e. The van der Waals surface area contributed by atoms with Gasteiger partial charge in [0.15, 0.2) is 17.0 Å². The fourth-order valence-corrected chi connectivity index (χ4v) is 3.85. The fourth-order valence-electron chi connectivity index (χ4n) is 3.17. The third-order valence-electron chi connectivity index (χ3n) is 4.51. The largest absolute Gasteiger partial charge is 0.612 e. The zero-order valence-electron chi connectivity index (χ0n) is 15.6. The molecular weight excluding hydrogens is 377 g/mol. The first-order chi connectivity index (χ1) is 13.5. The highest BCUT2D eigenvalue weighted by molar-refractivity contribution is 7.90. The molecule has 1 unspecified atom stereocenters. The van der Waals surface area contributed by atoms with E-state index in [1.165, 1.54) is 12.3 Å². The van der Waals surface area contributed by atoms with E-state index in [0.29, 0.717) is 19.3 Å². The van der Waals surface area contributed by atoms with Gasteiger partial charge < -0.3 is 9.39 Å². The highest BCUT2D eigenvalue weighted by atomic mass is 32.2. The van der Waals surface area contributed by atoms with E-state index in [9.17, 15) is 13.7 Å². The van der Waals surface area contributed by atoms with Crippen molar-refractivity contribution >= 4 is 40.9 Å². The SMILES string of the molecule is Cc1cc([S+](C)[O-])c(F)cc1/C=C1/C=C(CCON=CC=O)c2ccccc21. The normalized spacial score (nSPS) is 15.6. The number of nitrogens with zero attached hydrogens (tertiary/aromatic N) is 1. The molecule has 2 aromatic carbocycles. The van der Waals surface area contributed by atoms with Crippen LogP contribution in [0.2, 0.25) is 0 Å². The Labute approximate surface area is 166 Å². The standard InChI is InChI=1S/C22H20FNO3S/c1-15-11-22(28(2)26)21(23)14-17(15)13-18-12-16(7-10-27-24-8-9-25)19-5-3-4-6-20(18)19/h3-6,8-9,11-14H,7,10H2,1-2H3/b18-13-,24-8?. The van der Waals surface area contributed by atoms with Crippen LogP contribution in [0.3, 0.4) is 0 Å². The lowest BCUT2D eigenvalue weighted by molar-refractivity contribution is -0.102. The van der Waals surface area contributed by atoms with Crippen LogP contribution in [-0.2, 0) is 20.8 Å². The predicted octanol–water partition coefficient (Wildman–Crippen LogP) is 4.40. The minimum absolute atomic E-state index is 0.218. The van der Waals surface area contributed by atoms with Crippen LogP contribution in [0.15, 0.2) is 52.5 Å². The van der Waals surface area contributed by atoms with Crippen LogP contribution in [0.5, 0.6) is 0 Å². The minimum atomic E-state index is -1.37. The summed E-state index contributed by atoms with van der Waals surface area (Å²) in [6, 6.07) is 11.1. The van der Waals surface area contributed by atoms with Gasteiger partial charge in [-0.2, -0.15) is 0 Å². The first kappa shape index (κ1) is 20.0. The van der Waals surface area contributed by atoms with Gasteiger partial charge in [0.25, 0.3) is 0 Å². The zero-order valence-corrected chi connectivity index (χ0v) is 16.5. The van der Waals surface area contributed by atoms with Crippen LogP contribution < -0.4 is 0 Å². The Hall–Kier alpha value is -2.70. The van der Waals surface area contributed by atoms with Crippen molar-refractivity contribution in [3.05, 3.63) is 70.5 Å². The van der Waals surface area contributed by atoms with Gasteiger partial charge in [0, 0.05) is 6.42 Å². The van der Waals surface area contributed by atoms with Gasteiger partial charge in [-0.3, -0.25) is 4.79 Å². The number of halogens is 1. The fraction of sp³-hybridized carbons (Fsp3) is 0.182. The van der Waals surface area contributed by atoms with Crippen molar-refractivity contribution in [1.29, 1.82) is 0 Å². The molecule has 0 aromatic heterocycles. The van der Waals surface area contributed by atoms with Gasteiger partial charge in [-0.1, -0.05) is 35.5 Å². The van der Waals surface area contributed by atoms with Crippen LogP contribution >= 0.6 is 0 Å². The maximum atomic E-state index is 14.3. The number of oxime groups is 1. The van der Waals surface area contributed by atoms with Gasteiger partial charge in [0.2, 0.25) is 0 Å². The molecule has 1 aliphatic carbocycles. The highest BCUT2D eigenvalue weighted by Gasteiger charge is 2.19. The van der Waals surface area contributed by atoms with Gasteiger partial charge in [-0.05, 0) is 69.7 Å². The topological polar surface area (TPSA) is 61.7 Å². The number of hydrogen-bond donors (Lipinski definition) is 0. The van der Waals surface area contributed by atoms with E-state index in [2.05, 4.69) is 11.2 Å². The Bertz CT molecular complexity index is 980. The number of aryl methyl sites for hydroxylation is 1. The van der Waals surface area contributed by atoms with Gasteiger partial charge >= 0.3 is 0 Å². The second-order valence-electron chi connectivity index (χ2n) is 6.38. The lowest BCUT2D eigenvalue weighted by atomic mass is 10.0. The van der Waals surface area contributed by atoms with Gasteiger partial charge in [0.05, 0.1) is 0 Å². The van der Waals surface area contributed by atoms with Crippen molar-refractivity contribution in [2.24, 2.45) is 5.16 Å². The Morgan fingerprint density at radius 3 is 2.71 bits per heavy atom. The molecule has 0 amide bonds. The summed E-state index contributed by atoms with van der Waals surface area (Å²) in [6.45, 7) is 2.23. The molecule has 0 fully saturated rings. The van der Waals surface area contributed by atoms with E-state index >= 15 is 0 Å². The predicted molar refractivity (Wildman–Crippen MR) is 111 cm³/mol. The summed E-state index contributed by atoms with van der Waals surface area (Å²) in [5.41, 5.74) is 5.85. The first-order valence-electron chi connectivity index (χ1n) is 8.76. The average Bonchev–Trinajstić information content (AvgIpc) is 3.02. The van der Waals surface area contributed by atoms with Crippen LogP contribution in [0.1, 0.15) is 28.7 Å². The Kier molecular flexibility index (Phi) is 6.44. The number of aldehydes is 1. The van der Waals surface area contributed by atoms with Crippen molar-refractivity contribution in [1.82, 2.24) is 0 Å². The number of benzene rings is 2. The molecular formula is C22H20FNO3S. The molecule has 1 atom stereocenters. The molecule has 0 heterocycles. The molecule has 0 radical (unpaired) electrons. The van der Waals surface area contributed by atoms with Crippen molar-refractivity contribution < 1.29 is 18.6 Å². The molecule has 0 bridgehead atoms. The van der Waals surface area contributed by atoms with Gasteiger partial charge in [-0.15, -0.1) is 0 Å². The molecule has 6 heteroatoms. The van der Waals surface area contributed by atoms with Crippen molar-refractivity contribution in [2.45, 2.75) is 18.2 Å². The number of hydrogen-bond acceptors (Lipinski definition) is 4. The summed E-state index contributed by atoms with van der Waals surface area (Å²) < 4.78 is 26.0. The van der Waals surface area contributed by atoms with E-state index in [1.54, 1.807) is 6.07 Å². The summed E-state index contributed by atoms with van der Waals surface area (Å²) in [7, 11) is 0. The van der Waals surface area contributed by atoms with E-state index in [4.69, 9.17) is 4.84 Å². The number of carbonyl (C=O) groups is 1. The second kappa shape index (κ2) is 8.99. The maximum Gasteiger partial charge on any atom is 0.188 e. The molecule has 0 aliphatic heterocycles. The highest BCUT2D eigenvalue weighted by Crippen LogP contribution is 2.38. The van der Waals surface area contributed by atoms with E-state index < -0.39 is 17.0 Å². The molecule has 2 aromatic rings. The summed E-state index contributed by atoms with van der Waals surface area (Å²) in [4.78, 5) is 15.5. The lowest BCUT2D eigenvalue weighted by Crippen LogP contribution is -2.02. The number of carbonyl (C=O) groups excluding carboxylic acids is 1. The van der Waals surface area contributed by atoms with Gasteiger partial charge in [-0.25, -0.2) is 4.39 Å². The molecule has 0 saturated carbocycles. The molecule has 4 nitrogen and oxygen atoms in total. The average molecular weight is 397 g/mol. The third-order valence-corrected chi connectivity index (χ3v) is 5.45. The molecule has 144 valence electrons. The van der Waals surface area contributed by atoms with E-state index in [0.717, 1.165) is 39.6 Å². The number of allylic oxidation sites excluding steroid dienone is 2. The molecule has 1 aliphatic rings. The maximum absolute atomic E-state index is 14.3. The molecule has 0 saturated heterocycles. The van der Waals surface area contributed by atoms with Crippen molar-refractivity contribution in [3.63, 3.8) is 0 Å². The van der Waals surface area contributed by atoms with Crippen molar-refractivity contribution in [3.8, 4) is 0 Å². The van der Waals surface area contributed by atoms with E-state index in [-0.39, 0.29) is 4.90 Å². The first-order valence-corrected chi connectivity index (χ1v) is 10.3. The number of fused-ring (bicyclic) bond motifs is 1. The van der Waals surface area contributed by atoms with Crippen LogP contribution in [0.4, 0.5) is 4.39 Å². The second-order valence-corrected chi connectivity index (χ2v) is 7.73. The Morgan fingerprint density at radius 2 is 2.00 bits per heavy atom. The van der Waals surface area contributed by atoms with Gasteiger partial charge in [0.1, 0.15) is 19.1 Å². The Morgan fingerprint density at radius 1 is 1.25 bits per heavy atom. The summed E-state index contributed by atoms with van der Waals surface area (Å²) >= 11 is -1.37. The van der Waals surface area contributed by atoms with E-state index in [1.807, 2.05) is 37.3 Å². The molecule has 0 spiro atoms. The summed E-state index contributed by atoms with van der Waals surface area (Å²) in [5.74, 6) is -0.463. The monoisotopic (exact) mass is 397 g/mol. The Balaban J connectivity index is 1.92. The number of rotatable bonds is 7. The van der Waals surface area contributed by atoms with Crippen LogP contribution in [0.25, 0.3) is 17.2 Å². The molecule has 28 heavy (non-hydrogen) atoms.